The van der Waals surface area contributed by atoms with Gasteiger partial charge in [0.2, 0.25) is 0 Å². The number of esters is 1. The van der Waals surface area contributed by atoms with Gasteiger partial charge in [-0.25, -0.2) is 19.2 Å². The molecule has 3 N–H and O–H groups in total. The molecule has 0 heterocycles. The largest absolute Gasteiger partial charge is 0.477 e. The molecule has 0 fully saturated rings. The zero-order valence-corrected chi connectivity index (χ0v) is 10.4. The van der Waals surface area contributed by atoms with Crippen molar-refractivity contribution in [3.05, 3.63) is 0 Å². The van der Waals surface area contributed by atoms with E-state index < -0.39 is 54.5 Å². The summed E-state index contributed by atoms with van der Waals surface area (Å²) in [6.45, 7) is -1.45. The van der Waals surface area contributed by atoms with E-state index in [0.717, 1.165) is 0 Å². The van der Waals surface area contributed by atoms with Crippen LogP contribution < -0.4 is 0 Å². The molecule has 0 spiro atoms. The molecule has 0 radical (unpaired) electrons. The second-order valence-corrected chi connectivity index (χ2v) is 3.96. The Morgan fingerprint density at radius 1 is 0.842 bits per heavy atom. The van der Waals surface area contributed by atoms with E-state index in [1.165, 1.54) is 6.92 Å². The molecule has 0 rings (SSSR count). The molecule has 0 aromatic rings. The fourth-order valence-corrected chi connectivity index (χ4v) is 1.68. The zero-order valence-electron chi connectivity index (χ0n) is 10.4. The van der Waals surface area contributed by atoms with Crippen molar-refractivity contribution in [3.63, 3.8) is 0 Å². The first-order valence-corrected chi connectivity index (χ1v) is 5.37. The van der Waals surface area contributed by atoms with Gasteiger partial charge in [-0.1, -0.05) is 0 Å². The topological polar surface area (TPSA) is 138 Å². The van der Waals surface area contributed by atoms with E-state index in [1.54, 1.807) is 0 Å². The average molecular weight is 278 g/mol. The Hall–Kier alpha value is -2.16. The van der Waals surface area contributed by atoms with Gasteiger partial charge in [0.05, 0.1) is 6.61 Å². The van der Waals surface area contributed by atoms with E-state index in [1.807, 2.05) is 0 Å². The van der Waals surface area contributed by atoms with Crippen LogP contribution in [0.25, 0.3) is 0 Å². The Balaban J connectivity index is 5.20. The van der Waals surface area contributed by atoms with Crippen molar-refractivity contribution >= 4 is 23.9 Å². The number of carboxylic acid groups (broad SMARTS) is 3. The van der Waals surface area contributed by atoms with Gasteiger partial charge in [-0.05, 0) is 6.92 Å². The van der Waals surface area contributed by atoms with Crippen LogP contribution in [0.2, 0.25) is 0 Å². The van der Waals surface area contributed by atoms with Gasteiger partial charge in [0.1, 0.15) is 0 Å². The van der Waals surface area contributed by atoms with Gasteiger partial charge in [-0.2, -0.15) is 0 Å². The summed E-state index contributed by atoms with van der Waals surface area (Å²) in [5.41, 5.74) is 0. The lowest BCUT2D eigenvalue weighted by Crippen LogP contribution is -2.59. The summed E-state index contributed by atoms with van der Waals surface area (Å²) in [6.07, 6.45) is 0. The second-order valence-electron chi connectivity index (χ2n) is 3.96. The Bertz CT molecular complexity index is 337. The molecule has 0 saturated heterocycles. The van der Waals surface area contributed by atoms with E-state index >= 15 is 0 Å². The molecule has 108 valence electrons. The smallest absolute Gasteiger partial charge is 0.361 e. The Labute approximate surface area is 108 Å². The van der Waals surface area contributed by atoms with Crippen molar-refractivity contribution in [2.24, 2.45) is 0 Å². The molecule has 0 unspecified atom stereocenters. The standard InChI is InChI=1S/C10H15NO8/c1-2-19-10(18)6-11(3-7(12)13,4-8(14)15)5-9(16)17/h2-6H2,1H3,(H2-,12,13,14,15,16,17)/p+1. The number of carbonyl (C=O) groups is 4. The molecule has 9 nitrogen and oxygen atoms in total. The van der Waals surface area contributed by atoms with Crippen molar-refractivity contribution < 1.29 is 43.7 Å². The van der Waals surface area contributed by atoms with Crippen LogP contribution in [0.15, 0.2) is 0 Å². The highest BCUT2D eigenvalue weighted by molar-refractivity contribution is 5.76. The number of quaternary nitrogens is 1. The van der Waals surface area contributed by atoms with E-state index in [0.29, 0.717) is 0 Å². The highest BCUT2D eigenvalue weighted by Crippen LogP contribution is 2.08. The third-order valence-corrected chi connectivity index (χ3v) is 2.18. The number of carboxylic acids is 3. The molecular weight excluding hydrogens is 262 g/mol. The molecule has 0 amide bonds. The Morgan fingerprint density at radius 3 is 1.47 bits per heavy atom. The van der Waals surface area contributed by atoms with Gasteiger partial charge >= 0.3 is 23.9 Å². The third-order valence-electron chi connectivity index (χ3n) is 2.18. The first-order chi connectivity index (χ1) is 8.70. The molecule has 0 atom stereocenters. The fourth-order valence-electron chi connectivity index (χ4n) is 1.68. The molecule has 9 heteroatoms. The van der Waals surface area contributed by atoms with Crippen LogP contribution in [0.4, 0.5) is 0 Å². The summed E-state index contributed by atoms with van der Waals surface area (Å²) in [5, 5.41) is 26.3. The van der Waals surface area contributed by atoms with Crippen molar-refractivity contribution in [3.8, 4) is 0 Å². The zero-order chi connectivity index (χ0) is 15.1. The van der Waals surface area contributed by atoms with Gasteiger partial charge in [0.25, 0.3) is 0 Å². The molecule has 0 aliphatic carbocycles. The van der Waals surface area contributed by atoms with Gasteiger partial charge < -0.3 is 20.1 Å². The number of carbonyl (C=O) groups excluding carboxylic acids is 1. The van der Waals surface area contributed by atoms with Crippen molar-refractivity contribution in [2.45, 2.75) is 6.92 Å². The number of ether oxygens (including phenoxy) is 1. The molecule has 19 heavy (non-hydrogen) atoms. The van der Waals surface area contributed by atoms with Gasteiger partial charge in [-0.3, -0.25) is 4.48 Å². The summed E-state index contributed by atoms with van der Waals surface area (Å²) in [5.74, 6) is -5.03. The van der Waals surface area contributed by atoms with E-state index in [4.69, 9.17) is 15.3 Å². The minimum Gasteiger partial charge on any atom is -0.477 e. The molecule has 0 saturated carbocycles. The maximum atomic E-state index is 11.4. The summed E-state index contributed by atoms with van der Waals surface area (Å²) in [4.78, 5) is 43.7. The van der Waals surface area contributed by atoms with Crippen LogP contribution in [0, 0.1) is 0 Å². The SMILES string of the molecule is CCOC(=O)C[N+](CC(=O)O)(CC(=O)O)CC(=O)O. The molecule has 0 aromatic carbocycles. The monoisotopic (exact) mass is 278 g/mol. The maximum absolute atomic E-state index is 11.4. The quantitative estimate of drug-likeness (QED) is 0.346. The predicted molar refractivity (Wildman–Crippen MR) is 59.3 cm³/mol. The first-order valence-electron chi connectivity index (χ1n) is 5.37. The maximum Gasteiger partial charge on any atom is 0.361 e. The van der Waals surface area contributed by atoms with Crippen LogP contribution in [-0.4, -0.2) is 76.5 Å². The molecule has 0 bridgehead atoms. The van der Waals surface area contributed by atoms with E-state index in [-0.39, 0.29) is 6.61 Å². The minimum atomic E-state index is -1.40. The third kappa shape index (κ3) is 6.99. The fraction of sp³-hybridized carbons (Fsp3) is 0.600. The molecule has 0 aromatic heterocycles. The number of hydrogen-bond donors (Lipinski definition) is 3. The van der Waals surface area contributed by atoms with Crippen LogP contribution in [0.5, 0.6) is 0 Å². The minimum absolute atomic E-state index is 0.0338. The van der Waals surface area contributed by atoms with E-state index in [9.17, 15) is 19.2 Å². The number of aliphatic carboxylic acids is 3. The van der Waals surface area contributed by atoms with Crippen LogP contribution >= 0.6 is 0 Å². The van der Waals surface area contributed by atoms with Crippen LogP contribution in [-0.2, 0) is 23.9 Å². The number of nitrogens with zero attached hydrogens (tertiary/aromatic N) is 1. The number of hydrogen-bond acceptors (Lipinski definition) is 5. The van der Waals surface area contributed by atoms with Gasteiger partial charge in [0.15, 0.2) is 26.2 Å². The van der Waals surface area contributed by atoms with Crippen molar-refractivity contribution in [1.82, 2.24) is 0 Å². The van der Waals surface area contributed by atoms with E-state index in [2.05, 4.69) is 4.74 Å². The summed E-state index contributed by atoms with van der Waals surface area (Å²) < 4.78 is 3.68. The Morgan fingerprint density at radius 2 is 1.21 bits per heavy atom. The average Bonchev–Trinajstić information content (AvgIpc) is 2.12. The molecule has 0 aliphatic rings. The highest BCUT2D eigenvalue weighted by atomic mass is 16.5. The van der Waals surface area contributed by atoms with Gasteiger partial charge in [-0.15, -0.1) is 0 Å². The first kappa shape index (κ1) is 16.8. The molecular formula is C10H16NO8+. The Kier molecular flexibility index (Phi) is 6.48. The van der Waals surface area contributed by atoms with Crippen LogP contribution in [0.3, 0.4) is 0 Å². The molecule has 0 aliphatic heterocycles. The van der Waals surface area contributed by atoms with Crippen LogP contribution in [0.1, 0.15) is 6.92 Å². The van der Waals surface area contributed by atoms with Crippen molar-refractivity contribution in [2.75, 3.05) is 32.8 Å². The predicted octanol–water partition coefficient (Wildman–Crippen LogP) is -1.38. The lowest BCUT2D eigenvalue weighted by atomic mass is 10.3. The lowest BCUT2D eigenvalue weighted by Gasteiger charge is -2.32. The highest BCUT2D eigenvalue weighted by Gasteiger charge is 2.38. The number of rotatable bonds is 9. The lowest BCUT2D eigenvalue weighted by molar-refractivity contribution is -0.900. The second kappa shape index (κ2) is 7.31. The van der Waals surface area contributed by atoms with Gasteiger partial charge in [0, 0.05) is 0 Å². The normalized spacial score (nSPS) is 10.8. The van der Waals surface area contributed by atoms with Crippen molar-refractivity contribution in [1.29, 1.82) is 0 Å². The summed E-state index contributed by atoms with van der Waals surface area (Å²) >= 11 is 0. The summed E-state index contributed by atoms with van der Waals surface area (Å²) in [7, 11) is 0. The summed E-state index contributed by atoms with van der Waals surface area (Å²) in [6, 6.07) is 0.